The number of fused-ring (bicyclic) bond motifs is 1. The van der Waals surface area contributed by atoms with E-state index < -0.39 is 0 Å². The van der Waals surface area contributed by atoms with Crippen molar-refractivity contribution >= 4 is 22.9 Å². The second kappa shape index (κ2) is 8.98. The molecule has 2 heterocycles. The van der Waals surface area contributed by atoms with Gasteiger partial charge in [-0.1, -0.05) is 48.0 Å². The minimum Gasteiger partial charge on any atom is -0.376 e. The number of ether oxygens (including phenoxy) is 1. The van der Waals surface area contributed by atoms with Gasteiger partial charge in [-0.2, -0.15) is 5.26 Å². The van der Waals surface area contributed by atoms with Gasteiger partial charge in [-0.05, 0) is 37.5 Å². The van der Waals surface area contributed by atoms with Crippen LogP contribution >= 0.6 is 0 Å². The van der Waals surface area contributed by atoms with E-state index in [1.165, 1.54) is 11.1 Å². The number of rotatable bonds is 6. The van der Waals surface area contributed by atoms with Crippen LogP contribution in [0.4, 0.5) is 0 Å². The summed E-state index contributed by atoms with van der Waals surface area (Å²) >= 11 is 0. The number of para-hydroxylation sites is 1. The van der Waals surface area contributed by atoms with Gasteiger partial charge in [-0.3, -0.25) is 4.79 Å². The minimum atomic E-state index is -0.358. The molecule has 0 saturated carbocycles. The molecule has 1 fully saturated rings. The van der Waals surface area contributed by atoms with Crippen molar-refractivity contribution in [3.8, 4) is 6.07 Å². The molecule has 1 atom stereocenters. The summed E-state index contributed by atoms with van der Waals surface area (Å²) < 4.78 is 7.70. The zero-order valence-corrected chi connectivity index (χ0v) is 17.1. The van der Waals surface area contributed by atoms with Gasteiger partial charge in [0.05, 0.1) is 6.10 Å². The molecule has 1 aliphatic heterocycles. The van der Waals surface area contributed by atoms with Gasteiger partial charge in [-0.25, -0.2) is 0 Å². The Hall–Kier alpha value is -3.36. The lowest BCUT2D eigenvalue weighted by molar-refractivity contribution is -0.117. The third-order valence-electron chi connectivity index (χ3n) is 5.47. The van der Waals surface area contributed by atoms with Gasteiger partial charge in [0.25, 0.3) is 5.91 Å². The van der Waals surface area contributed by atoms with E-state index >= 15 is 0 Å². The monoisotopic (exact) mass is 399 g/mol. The zero-order valence-electron chi connectivity index (χ0n) is 17.1. The first kappa shape index (κ1) is 19.9. The number of carbonyl (C=O) groups is 1. The normalized spacial score (nSPS) is 16.5. The minimum absolute atomic E-state index is 0.0466. The van der Waals surface area contributed by atoms with Gasteiger partial charge in [-0.15, -0.1) is 0 Å². The van der Waals surface area contributed by atoms with E-state index in [1.54, 1.807) is 6.08 Å². The molecule has 152 valence electrons. The molecular formula is C25H25N3O2. The first-order valence-corrected chi connectivity index (χ1v) is 10.3. The molecule has 5 heteroatoms. The molecule has 0 aliphatic carbocycles. The predicted molar refractivity (Wildman–Crippen MR) is 118 cm³/mol. The van der Waals surface area contributed by atoms with Crippen molar-refractivity contribution in [2.24, 2.45) is 0 Å². The topological polar surface area (TPSA) is 67.0 Å². The van der Waals surface area contributed by atoms with Gasteiger partial charge in [0.1, 0.15) is 11.6 Å². The van der Waals surface area contributed by atoms with Gasteiger partial charge in [0.2, 0.25) is 0 Å². The Morgan fingerprint density at radius 1 is 1.27 bits per heavy atom. The highest BCUT2D eigenvalue weighted by atomic mass is 16.5. The zero-order chi connectivity index (χ0) is 20.9. The molecule has 0 spiro atoms. The van der Waals surface area contributed by atoms with E-state index in [0.717, 1.165) is 42.5 Å². The lowest BCUT2D eigenvalue weighted by Crippen LogP contribution is -2.32. The molecule has 0 bridgehead atoms. The molecule has 1 N–H and O–H groups in total. The van der Waals surface area contributed by atoms with Crippen LogP contribution in [0.1, 0.15) is 29.5 Å². The highest BCUT2D eigenvalue weighted by Crippen LogP contribution is 2.25. The van der Waals surface area contributed by atoms with Crippen molar-refractivity contribution < 1.29 is 9.53 Å². The largest absolute Gasteiger partial charge is 0.376 e. The van der Waals surface area contributed by atoms with Crippen molar-refractivity contribution in [1.82, 2.24) is 9.88 Å². The van der Waals surface area contributed by atoms with Gasteiger partial charge >= 0.3 is 0 Å². The Kier molecular flexibility index (Phi) is 5.97. The summed E-state index contributed by atoms with van der Waals surface area (Å²) in [6, 6.07) is 18.6. The number of aryl methyl sites for hydroxylation is 1. The fraction of sp³-hybridized carbons (Fsp3) is 0.280. The molecule has 5 nitrogen and oxygen atoms in total. The van der Waals surface area contributed by atoms with E-state index in [0.29, 0.717) is 6.54 Å². The second-order valence-corrected chi connectivity index (χ2v) is 7.73. The van der Waals surface area contributed by atoms with Crippen LogP contribution in [0, 0.1) is 18.3 Å². The van der Waals surface area contributed by atoms with Gasteiger partial charge < -0.3 is 14.6 Å². The number of nitrogens with one attached hydrogen (secondary N) is 1. The number of nitrogens with zero attached hydrogens (tertiary/aromatic N) is 2. The molecule has 1 saturated heterocycles. The molecule has 2 aromatic carbocycles. The number of benzene rings is 2. The lowest BCUT2D eigenvalue weighted by atomic mass is 10.1. The van der Waals surface area contributed by atoms with Crippen molar-refractivity contribution in [1.29, 1.82) is 5.26 Å². The van der Waals surface area contributed by atoms with Crippen LogP contribution in [0.5, 0.6) is 0 Å². The maximum atomic E-state index is 12.5. The number of carbonyl (C=O) groups excluding carboxylic acids is 1. The van der Waals surface area contributed by atoms with E-state index in [4.69, 9.17) is 4.74 Å². The quantitative estimate of drug-likeness (QED) is 0.499. The van der Waals surface area contributed by atoms with Crippen LogP contribution in [0.15, 0.2) is 60.3 Å². The average molecular weight is 399 g/mol. The molecule has 4 rings (SSSR count). The van der Waals surface area contributed by atoms with Crippen LogP contribution in [0.25, 0.3) is 17.0 Å². The van der Waals surface area contributed by atoms with Crippen LogP contribution in [0.3, 0.4) is 0 Å². The third-order valence-corrected chi connectivity index (χ3v) is 5.47. The maximum Gasteiger partial charge on any atom is 0.262 e. The predicted octanol–water partition coefficient (Wildman–Crippen LogP) is 4.20. The summed E-state index contributed by atoms with van der Waals surface area (Å²) in [4.78, 5) is 12.5. The van der Waals surface area contributed by atoms with Crippen LogP contribution < -0.4 is 5.32 Å². The standard InChI is InChI=1S/C25H25N3O2/c1-18-8-10-19(11-9-18)16-28-17-21(23-6-2-3-7-24(23)28)13-20(14-26)25(29)27-15-22-5-4-12-30-22/h2-3,6-11,13,17,22H,4-5,12,15-16H2,1H3,(H,27,29)/b20-13-/t22-/m0/s1. The summed E-state index contributed by atoms with van der Waals surface area (Å²) in [7, 11) is 0. The number of hydrogen-bond donors (Lipinski definition) is 1. The molecule has 1 amide bonds. The van der Waals surface area contributed by atoms with E-state index in [1.807, 2.05) is 24.4 Å². The Morgan fingerprint density at radius 2 is 2.07 bits per heavy atom. The fourth-order valence-electron chi connectivity index (χ4n) is 3.82. The maximum absolute atomic E-state index is 12.5. The van der Waals surface area contributed by atoms with Crippen molar-refractivity contribution in [3.05, 3.63) is 77.0 Å². The average Bonchev–Trinajstić information content (AvgIpc) is 3.40. The molecule has 1 aromatic heterocycles. The second-order valence-electron chi connectivity index (χ2n) is 7.73. The van der Waals surface area contributed by atoms with Crippen molar-refractivity contribution in [2.75, 3.05) is 13.2 Å². The number of amides is 1. The number of hydrogen-bond acceptors (Lipinski definition) is 3. The highest BCUT2D eigenvalue weighted by Gasteiger charge is 2.18. The smallest absolute Gasteiger partial charge is 0.262 e. The highest BCUT2D eigenvalue weighted by molar-refractivity contribution is 6.04. The SMILES string of the molecule is Cc1ccc(Cn2cc(/C=C(/C#N)C(=O)NC[C@@H]3CCCO3)c3ccccc32)cc1. The first-order valence-electron chi connectivity index (χ1n) is 10.3. The Labute approximate surface area is 176 Å². The van der Waals surface area contributed by atoms with Crippen molar-refractivity contribution in [3.63, 3.8) is 0 Å². The summed E-state index contributed by atoms with van der Waals surface area (Å²) in [6.45, 7) is 3.97. The Balaban J connectivity index is 1.60. The molecule has 1 aliphatic rings. The molecule has 3 aromatic rings. The molecular weight excluding hydrogens is 374 g/mol. The van der Waals surface area contributed by atoms with Crippen LogP contribution in [-0.4, -0.2) is 29.7 Å². The van der Waals surface area contributed by atoms with E-state index in [9.17, 15) is 10.1 Å². The van der Waals surface area contributed by atoms with Crippen molar-refractivity contribution in [2.45, 2.75) is 32.4 Å². The lowest BCUT2D eigenvalue weighted by Gasteiger charge is -2.10. The van der Waals surface area contributed by atoms with Crippen LogP contribution in [-0.2, 0) is 16.1 Å². The molecule has 30 heavy (non-hydrogen) atoms. The third kappa shape index (κ3) is 4.45. The van der Waals surface area contributed by atoms with Crippen LogP contribution in [0.2, 0.25) is 0 Å². The number of nitriles is 1. The fourth-order valence-corrected chi connectivity index (χ4v) is 3.82. The summed E-state index contributed by atoms with van der Waals surface area (Å²) in [5.74, 6) is -0.358. The summed E-state index contributed by atoms with van der Waals surface area (Å²) in [5.41, 5.74) is 4.47. The molecule has 0 radical (unpaired) electrons. The van der Waals surface area contributed by atoms with Gasteiger partial charge in [0, 0.05) is 42.4 Å². The summed E-state index contributed by atoms with van der Waals surface area (Å²) in [5, 5.41) is 13.4. The summed E-state index contributed by atoms with van der Waals surface area (Å²) in [6.07, 6.45) is 5.69. The Morgan fingerprint density at radius 3 is 2.80 bits per heavy atom. The Bertz CT molecular complexity index is 1110. The first-order chi connectivity index (χ1) is 14.6. The number of aromatic nitrogens is 1. The van der Waals surface area contributed by atoms with E-state index in [-0.39, 0.29) is 17.6 Å². The van der Waals surface area contributed by atoms with Gasteiger partial charge in [0.15, 0.2) is 0 Å². The molecule has 0 unspecified atom stereocenters. The van der Waals surface area contributed by atoms with E-state index in [2.05, 4.69) is 53.2 Å².